The molecule has 3 N–H and O–H groups in total. The van der Waals surface area contributed by atoms with Gasteiger partial charge in [0, 0.05) is 5.92 Å². The van der Waals surface area contributed by atoms with Gasteiger partial charge >= 0.3 is 0 Å². The summed E-state index contributed by atoms with van der Waals surface area (Å²) in [7, 11) is -3.76. The number of amides is 1. The van der Waals surface area contributed by atoms with Gasteiger partial charge in [-0.25, -0.2) is 13.1 Å². The van der Waals surface area contributed by atoms with Crippen molar-refractivity contribution in [2.75, 3.05) is 6.54 Å². The number of carbonyl (C=O) groups is 1. The van der Waals surface area contributed by atoms with Crippen LogP contribution in [0.5, 0.6) is 0 Å². The molecule has 0 radical (unpaired) electrons. The third-order valence-corrected chi connectivity index (χ3v) is 3.94. The van der Waals surface area contributed by atoms with E-state index in [0.717, 1.165) is 0 Å². The Morgan fingerprint density at radius 1 is 1.33 bits per heavy atom. The number of hydrogen-bond acceptors (Lipinski definition) is 4. The van der Waals surface area contributed by atoms with Gasteiger partial charge in [0.05, 0.1) is 4.90 Å². The standard InChI is InChI=1S/C12H18N2O3S/c1-10(6-5-9-13)12(15)14-18(16,17)11-7-3-2-4-8-11/h2-4,7-8,10H,5-6,9,13H2,1H3,(H,14,15). The first kappa shape index (κ1) is 14.7. The minimum atomic E-state index is -3.76. The first-order valence-electron chi connectivity index (χ1n) is 5.79. The quantitative estimate of drug-likeness (QED) is 0.802. The summed E-state index contributed by atoms with van der Waals surface area (Å²) in [5.74, 6) is -0.862. The molecular formula is C12H18N2O3S. The minimum absolute atomic E-state index is 0.0874. The molecule has 0 aliphatic carbocycles. The molecule has 0 saturated carbocycles. The molecule has 1 unspecified atom stereocenters. The van der Waals surface area contributed by atoms with Gasteiger partial charge in [-0.05, 0) is 31.5 Å². The maximum atomic E-state index is 11.9. The Hall–Kier alpha value is -1.40. The molecule has 0 saturated heterocycles. The van der Waals surface area contributed by atoms with E-state index in [0.29, 0.717) is 19.4 Å². The van der Waals surface area contributed by atoms with Gasteiger partial charge in [0.25, 0.3) is 10.0 Å². The fourth-order valence-corrected chi connectivity index (χ4v) is 2.55. The maximum absolute atomic E-state index is 11.9. The van der Waals surface area contributed by atoms with E-state index < -0.39 is 15.9 Å². The van der Waals surface area contributed by atoms with Crippen LogP contribution < -0.4 is 10.5 Å². The molecule has 6 heteroatoms. The number of nitrogens with one attached hydrogen (secondary N) is 1. The van der Waals surface area contributed by atoms with Crippen molar-refractivity contribution in [3.63, 3.8) is 0 Å². The van der Waals surface area contributed by atoms with Crippen LogP contribution in [0.15, 0.2) is 35.2 Å². The summed E-state index contributed by atoms with van der Waals surface area (Å²) < 4.78 is 25.8. The van der Waals surface area contributed by atoms with E-state index in [9.17, 15) is 13.2 Å². The Morgan fingerprint density at radius 2 is 1.94 bits per heavy atom. The molecule has 0 fully saturated rings. The highest BCUT2D eigenvalue weighted by Crippen LogP contribution is 2.10. The number of hydrogen-bond donors (Lipinski definition) is 2. The van der Waals surface area contributed by atoms with Crippen LogP contribution in [0.1, 0.15) is 19.8 Å². The monoisotopic (exact) mass is 270 g/mol. The molecule has 1 atom stereocenters. The zero-order chi connectivity index (χ0) is 13.6. The summed E-state index contributed by atoms with van der Waals surface area (Å²) in [5.41, 5.74) is 5.35. The SMILES string of the molecule is CC(CCCN)C(=O)NS(=O)(=O)c1ccccc1. The Labute approximate surface area is 107 Å². The van der Waals surface area contributed by atoms with Crippen LogP contribution >= 0.6 is 0 Å². The van der Waals surface area contributed by atoms with Crippen LogP contribution in [-0.2, 0) is 14.8 Å². The van der Waals surface area contributed by atoms with Crippen LogP contribution in [0.3, 0.4) is 0 Å². The molecule has 0 aromatic heterocycles. The summed E-state index contributed by atoms with van der Waals surface area (Å²) in [6.45, 7) is 2.18. The number of nitrogens with two attached hydrogens (primary N) is 1. The lowest BCUT2D eigenvalue weighted by atomic mass is 10.1. The third kappa shape index (κ3) is 4.12. The fourth-order valence-electron chi connectivity index (χ4n) is 1.45. The zero-order valence-electron chi connectivity index (χ0n) is 10.3. The zero-order valence-corrected chi connectivity index (χ0v) is 11.1. The molecule has 1 amide bonds. The molecule has 5 nitrogen and oxygen atoms in total. The van der Waals surface area contributed by atoms with Gasteiger partial charge < -0.3 is 5.73 Å². The van der Waals surface area contributed by atoms with E-state index in [-0.39, 0.29) is 10.8 Å². The van der Waals surface area contributed by atoms with Crippen molar-refractivity contribution >= 4 is 15.9 Å². The highest BCUT2D eigenvalue weighted by molar-refractivity contribution is 7.90. The second-order valence-corrected chi connectivity index (χ2v) is 5.80. The van der Waals surface area contributed by atoms with E-state index >= 15 is 0 Å². The Balaban J connectivity index is 2.70. The summed E-state index contributed by atoms with van der Waals surface area (Å²) in [6, 6.07) is 7.82. The van der Waals surface area contributed by atoms with Gasteiger partial charge in [-0.2, -0.15) is 0 Å². The number of rotatable bonds is 6. The third-order valence-electron chi connectivity index (χ3n) is 2.58. The molecule has 1 rings (SSSR count). The highest BCUT2D eigenvalue weighted by atomic mass is 32.2. The Bertz CT molecular complexity index is 485. The normalized spacial score (nSPS) is 13.0. The van der Waals surface area contributed by atoms with Crippen molar-refractivity contribution in [3.05, 3.63) is 30.3 Å². The average Bonchev–Trinajstić information content (AvgIpc) is 2.36. The van der Waals surface area contributed by atoms with Crippen LogP contribution in [0, 0.1) is 5.92 Å². The topological polar surface area (TPSA) is 89.3 Å². The van der Waals surface area contributed by atoms with E-state index in [1.807, 2.05) is 0 Å². The van der Waals surface area contributed by atoms with Crippen molar-refractivity contribution < 1.29 is 13.2 Å². The molecular weight excluding hydrogens is 252 g/mol. The molecule has 0 bridgehead atoms. The second kappa shape index (κ2) is 6.51. The smallest absolute Gasteiger partial charge is 0.264 e. The predicted molar refractivity (Wildman–Crippen MR) is 69.2 cm³/mol. The average molecular weight is 270 g/mol. The summed E-state index contributed by atoms with van der Waals surface area (Å²) in [6.07, 6.45) is 1.27. The van der Waals surface area contributed by atoms with E-state index in [4.69, 9.17) is 5.73 Å². The van der Waals surface area contributed by atoms with Crippen molar-refractivity contribution in [2.24, 2.45) is 11.7 Å². The van der Waals surface area contributed by atoms with Crippen molar-refractivity contribution in [1.82, 2.24) is 4.72 Å². The van der Waals surface area contributed by atoms with Gasteiger partial charge in [0.1, 0.15) is 0 Å². The molecule has 100 valence electrons. The van der Waals surface area contributed by atoms with Gasteiger partial charge in [-0.15, -0.1) is 0 Å². The lowest BCUT2D eigenvalue weighted by molar-refractivity contribution is -0.122. The molecule has 1 aromatic carbocycles. The van der Waals surface area contributed by atoms with Crippen LogP contribution in [0.4, 0.5) is 0 Å². The Morgan fingerprint density at radius 3 is 2.50 bits per heavy atom. The summed E-state index contributed by atoms with van der Waals surface area (Å²) in [4.78, 5) is 11.8. The maximum Gasteiger partial charge on any atom is 0.264 e. The number of benzene rings is 1. The highest BCUT2D eigenvalue weighted by Gasteiger charge is 2.20. The van der Waals surface area contributed by atoms with E-state index in [2.05, 4.69) is 4.72 Å². The number of sulfonamides is 1. The minimum Gasteiger partial charge on any atom is -0.330 e. The molecule has 0 heterocycles. The van der Waals surface area contributed by atoms with Crippen LogP contribution in [-0.4, -0.2) is 20.9 Å². The second-order valence-electron chi connectivity index (χ2n) is 4.11. The van der Waals surface area contributed by atoms with E-state index in [1.54, 1.807) is 25.1 Å². The van der Waals surface area contributed by atoms with Gasteiger partial charge in [0.2, 0.25) is 5.91 Å². The largest absolute Gasteiger partial charge is 0.330 e. The molecule has 0 aliphatic rings. The first-order valence-corrected chi connectivity index (χ1v) is 7.27. The number of carbonyl (C=O) groups excluding carboxylic acids is 1. The summed E-state index contributed by atoms with van der Waals surface area (Å²) >= 11 is 0. The van der Waals surface area contributed by atoms with Gasteiger partial charge in [0.15, 0.2) is 0 Å². The Kier molecular flexibility index (Phi) is 5.30. The van der Waals surface area contributed by atoms with Gasteiger partial charge in [-0.3, -0.25) is 4.79 Å². The first-order chi connectivity index (χ1) is 8.47. The molecule has 1 aromatic rings. The lowest BCUT2D eigenvalue weighted by Gasteiger charge is -2.12. The lowest BCUT2D eigenvalue weighted by Crippen LogP contribution is -2.34. The van der Waals surface area contributed by atoms with Crippen LogP contribution in [0.2, 0.25) is 0 Å². The predicted octanol–water partition coefficient (Wildman–Crippen LogP) is 0.867. The molecule has 18 heavy (non-hydrogen) atoms. The van der Waals surface area contributed by atoms with Crippen molar-refractivity contribution in [1.29, 1.82) is 0 Å². The molecule has 0 spiro atoms. The fraction of sp³-hybridized carbons (Fsp3) is 0.417. The molecule has 0 aliphatic heterocycles. The van der Waals surface area contributed by atoms with Crippen LogP contribution in [0.25, 0.3) is 0 Å². The van der Waals surface area contributed by atoms with Crippen molar-refractivity contribution in [2.45, 2.75) is 24.7 Å². The summed E-state index contributed by atoms with van der Waals surface area (Å²) in [5, 5.41) is 0. The van der Waals surface area contributed by atoms with Crippen molar-refractivity contribution in [3.8, 4) is 0 Å². The van der Waals surface area contributed by atoms with Gasteiger partial charge in [-0.1, -0.05) is 25.1 Å². The van der Waals surface area contributed by atoms with E-state index in [1.165, 1.54) is 12.1 Å².